The van der Waals surface area contributed by atoms with E-state index in [1.807, 2.05) is 64.1 Å². The Morgan fingerprint density at radius 3 is 2.43 bits per heavy atom. The maximum absolute atomic E-state index is 15.0. The molecule has 0 aliphatic heterocycles. The van der Waals surface area contributed by atoms with Crippen molar-refractivity contribution < 1.29 is 13.9 Å². The lowest BCUT2D eigenvalue weighted by atomic mass is 9.93. The Morgan fingerprint density at radius 1 is 1.14 bits per heavy atom. The van der Waals surface area contributed by atoms with Gasteiger partial charge in [0.15, 0.2) is 0 Å². The van der Waals surface area contributed by atoms with E-state index in [9.17, 15) is 9.18 Å². The molecule has 0 aliphatic carbocycles. The molecule has 0 spiro atoms. The molecule has 5 nitrogen and oxygen atoms in total. The largest absolute Gasteiger partial charge is 0.444 e. The Labute approximate surface area is 208 Å². The lowest BCUT2D eigenvalue weighted by molar-refractivity contribution is 0.0494. The zero-order valence-corrected chi connectivity index (χ0v) is 22.5. The monoisotopic (exact) mass is 491 g/mol. The molecule has 1 amide bonds. The summed E-state index contributed by atoms with van der Waals surface area (Å²) in [5.74, 6) is 3.11. The predicted octanol–water partition coefficient (Wildman–Crippen LogP) is 6.81. The normalized spacial score (nSPS) is 13.4. The zero-order valence-electron chi connectivity index (χ0n) is 21.5. The minimum Gasteiger partial charge on any atom is -0.444 e. The van der Waals surface area contributed by atoms with Crippen LogP contribution in [0.25, 0.3) is 11.3 Å². The van der Waals surface area contributed by atoms with Gasteiger partial charge in [-0.3, -0.25) is 0 Å². The maximum atomic E-state index is 15.0. The Hall–Kier alpha value is -3.37. The number of aromatic nitrogens is 2. The second-order valence-corrected chi connectivity index (χ2v) is 15.4. The van der Waals surface area contributed by atoms with E-state index >= 15 is 0 Å². The molecule has 0 aliphatic rings. The minimum absolute atomic E-state index is 0.119. The number of benzene rings is 2. The van der Waals surface area contributed by atoms with Gasteiger partial charge < -0.3 is 15.0 Å². The number of ether oxygens (including phenoxy) is 1. The van der Waals surface area contributed by atoms with Crippen LogP contribution < -0.4 is 5.32 Å². The van der Waals surface area contributed by atoms with E-state index in [1.165, 1.54) is 6.07 Å². The van der Waals surface area contributed by atoms with E-state index in [4.69, 9.17) is 4.74 Å². The number of nitrogens with zero attached hydrogens (tertiary/aromatic N) is 1. The van der Waals surface area contributed by atoms with Gasteiger partial charge in [-0.05, 0) is 44.5 Å². The van der Waals surface area contributed by atoms with Crippen LogP contribution in [0.4, 0.5) is 9.18 Å². The summed E-state index contributed by atoms with van der Waals surface area (Å²) >= 11 is 0. The molecule has 0 saturated heterocycles. The number of hydrogen-bond acceptors (Lipinski definition) is 3. The van der Waals surface area contributed by atoms with Gasteiger partial charge in [0, 0.05) is 17.0 Å². The molecule has 0 unspecified atom stereocenters. The molecular formula is C28H34FN3O2Si. The molecule has 2 atom stereocenters. The number of carbonyl (C=O) groups excluding carboxylic acids is 1. The number of carbonyl (C=O) groups is 1. The second kappa shape index (κ2) is 10.5. The third-order valence-corrected chi connectivity index (χ3v) is 6.10. The highest BCUT2D eigenvalue weighted by Crippen LogP contribution is 2.31. The highest BCUT2D eigenvalue weighted by Gasteiger charge is 2.28. The van der Waals surface area contributed by atoms with Gasteiger partial charge in [-0.2, -0.15) is 0 Å². The van der Waals surface area contributed by atoms with E-state index in [-0.39, 0.29) is 11.7 Å². The van der Waals surface area contributed by atoms with Crippen molar-refractivity contribution in [1.82, 2.24) is 15.3 Å². The van der Waals surface area contributed by atoms with Crippen LogP contribution in [-0.2, 0) is 4.74 Å². The van der Waals surface area contributed by atoms with E-state index in [2.05, 4.69) is 46.4 Å². The summed E-state index contributed by atoms with van der Waals surface area (Å²) in [4.78, 5) is 20.4. The summed E-state index contributed by atoms with van der Waals surface area (Å²) in [6.45, 7) is 13.9. The molecule has 2 N–H and O–H groups in total. The molecular weight excluding hydrogens is 457 g/mol. The van der Waals surface area contributed by atoms with Gasteiger partial charge in [-0.15, -0.1) is 5.54 Å². The fourth-order valence-corrected chi connectivity index (χ4v) is 4.04. The number of rotatable bonds is 5. The molecule has 0 saturated carbocycles. The molecule has 0 bridgehead atoms. The van der Waals surface area contributed by atoms with Crippen molar-refractivity contribution in [3.8, 4) is 22.7 Å². The van der Waals surface area contributed by atoms with Crippen molar-refractivity contribution in [3.05, 3.63) is 77.5 Å². The van der Waals surface area contributed by atoms with E-state index < -0.39 is 25.8 Å². The maximum Gasteiger partial charge on any atom is 0.408 e. The molecule has 1 heterocycles. The van der Waals surface area contributed by atoms with Crippen molar-refractivity contribution in [2.75, 3.05) is 0 Å². The van der Waals surface area contributed by atoms with Crippen LogP contribution in [0.15, 0.2) is 54.7 Å². The number of imidazole rings is 1. The summed E-state index contributed by atoms with van der Waals surface area (Å²) in [5.41, 5.74) is 5.22. The molecule has 3 aromatic rings. The first-order valence-corrected chi connectivity index (χ1v) is 15.2. The van der Waals surface area contributed by atoms with Gasteiger partial charge in [0.1, 0.15) is 25.3 Å². The number of aromatic amines is 1. The van der Waals surface area contributed by atoms with Gasteiger partial charge in [0.05, 0.1) is 17.9 Å². The molecule has 3 rings (SSSR count). The predicted molar refractivity (Wildman–Crippen MR) is 141 cm³/mol. The van der Waals surface area contributed by atoms with Crippen LogP contribution in [0.5, 0.6) is 0 Å². The highest BCUT2D eigenvalue weighted by molar-refractivity contribution is 6.83. The smallest absolute Gasteiger partial charge is 0.408 e. The Bertz CT molecular complexity index is 1230. The minimum atomic E-state index is -1.56. The second-order valence-electron chi connectivity index (χ2n) is 10.7. The third-order valence-electron chi connectivity index (χ3n) is 5.23. The number of halogens is 1. The van der Waals surface area contributed by atoms with Crippen molar-refractivity contribution in [1.29, 1.82) is 0 Å². The summed E-state index contributed by atoms with van der Waals surface area (Å²) in [5, 5.41) is 2.94. The van der Waals surface area contributed by atoms with Crippen LogP contribution in [0.2, 0.25) is 19.6 Å². The molecule has 35 heavy (non-hydrogen) atoms. The van der Waals surface area contributed by atoms with E-state index in [0.29, 0.717) is 22.6 Å². The summed E-state index contributed by atoms with van der Waals surface area (Å²) in [6.07, 6.45) is 1.04. The lowest BCUT2D eigenvalue weighted by Gasteiger charge is -2.26. The molecule has 2 aromatic carbocycles. The van der Waals surface area contributed by atoms with E-state index in [1.54, 1.807) is 12.3 Å². The average molecular weight is 492 g/mol. The van der Waals surface area contributed by atoms with Crippen LogP contribution in [0, 0.1) is 17.3 Å². The third kappa shape index (κ3) is 7.56. The first kappa shape index (κ1) is 26.2. The molecule has 7 heteroatoms. The van der Waals surface area contributed by atoms with Gasteiger partial charge in [-0.1, -0.05) is 62.8 Å². The molecule has 0 radical (unpaired) electrons. The van der Waals surface area contributed by atoms with Crippen molar-refractivity contribution in [2.45, 2.75) is 64.9 Å². The molecule has 1 aromatic heterocycles. The average Bonchev–Trinajstić information content (AvgIpc) is 3.24. The summed E-state index contributed by atoms with van der Waals surface area (Å²) < 4.78 is 20.5. The van der Waals surface area contributed by atoms with Gasteiger partial charge in [0.2, 0.25) is 0 Å². The fourth-order valence-electron chi connectivity index (χ4n) is 3.52. The van der Waals surface area contributed by atoms with Gasteiger partial charge in [-0.25, -0.2) is 14.2 Å². The standard InChI is InChI=1S/C28H34FN3O2Si/c1-19(21-11-9-8-10-12-21)25(32-27(33)34-28(2,3)4)26-30-18-24(31-26)22-14-13-20(17-23(22)29)15-16-35(5,6)7/h8-14,17-19,25H,1-7H3,(H,30,31)(H,32,33)/t19-,25+/m1/s1. The number of alkyl carbamates (subject to hydrolysis) is 1. The first-order chi connectivity index (χ1) is 16.3. The Morgan fingerprint density at radius 2 is 1.83 bits per heavy atom. The Kier molecular flexibility index (Phi) is 7.86. The SMILES string of the molecule is C[C@H](c1ccccc1)[C@H](NC(=O)OC(C)(C)C)c1ncc(-c2ccc(C#C[Si](C)(C)C)cc2F)[nH]1. The quantitative estimate of drug-likeness (QED) is 0.304. The number of nitrogens with one attached hydrogen (secondary N) is 2. The highest BCUT2D eigenvalue weighted by atomic mass is 28.3. The van der Waals surface area contributed by atoms with Crippen LogP contribution >= 0.6 is 0 Å². The Balaban J connectivity index is 1.92. The van der Waals surface area contributed by atoms with Crippen molar-refractivity contribution in [3.63, 3.8) is 0 Å². The van der Waals surface area contributed by atoms with E-state index in [0.717, 1.165) is 5.56 Å². The fraction of sp³-hybridized carbons (Fsp3) is 0.357. The van der Waals surface area contributed by atoms with Crippen LogP contribution in [-0.4, -0.2) is 29.7 Å². The van der Waals surface area contributed by atoms with Gasteiger partial charge in [0.25, 0.3) is 0 Å². The zero-order chi connectivity index (χ0) is 25.8. The summed E-state index contributed by atoms with van der Waals surface area (Å²) in [6, 6.07) is 14.3. The number of H-pyrrole nitrogens is 1. The van der Waals surface area contributed by atoms with Gasteiger partial charge >= 0.3 is 6.09 Å². The van der Waals surface area contributed by atoms with Crippen molar-refractivity contribution in [2.24, 2.45) is 0 Å². The molecule has 0 fully saturated rings. The van der Waals surface area contributed by atoms with Crippen molar-refractivity contribution >= 4 is 14.2 Å². The summed E-state index contributed by atoms with van der Waals surface area (Å²) in [7, 11) is -1.56. The lowest BCUT2D eigenvalue weighted by Crippen LogP contribution is -2.37. The first-order valence-electron chi connectivity index (χ1n) is 11.7. The molecule has 184 valence electrons. The van der Waals surface area contributed by atoms with Crippen LogP contribution in [0.1, 0.15) is 56.6 Å². The topological polar surface area (TPSA) is 67.0 Å². The number of hydrogen-bond donors (Lipinski definition) is 2. The number of amides is 1. The van der Waals surface area contributed by atoms with Crippen LogP contribution in [0.3, 0.4) is 0 Å².